The number of halogens is 3. The van der Waals surface area contributed by atoms with E-state index in [2.05, 4.69) is 58.1 Å². The lowest BCUT2D eigenvalue weighted by atomic mass is 9.83. The van der Waals surface area contributed by atoms with Crippen molar-refractivity contribution in [3.05, 3.63) is 106 Å². The lowest BCUT2D eigenvalue weighted by Crippen LogP contribution is -2.46. The fourth-order valence-corrected chi connectivity index (χ4v) is 9.05. The molecular weight excluding hydrogens is 748 g/mol. The van der Waals surface area contributed by atoms with Crippen LogP contribution in [0.2, 0.25) is 5.02 Å². The predicted octanol–water partition coefficient (Wildman–Crippen LogP) is 7.80. The zero-order chi connectivity index (χ0) is 40.4. The van der Waals surface area contributed by atoms with Crippen LogP contribution in [0.5, 0.6) is 0 Å². The molecule has 3 aliphatic rings. The Morgan fingerprint density at radius 2 is 1.61 bits per heavy atom. The Hall–Kier alpha value is -5.36. The highest BCUT2D eigenvalue weighted by atomic mass is 35.5. The third kappa shape index (κ3) is 7.59. The van der Waals surface area contributed by atoms with Gasteiger partial charge in [0.15, 0.2) is 6.29 Å². The molecular formula is C44H48ClF2N7O3. The van der Waals surface area contributed by atoms with Gasteiger partial charge in [0.1, 0.15) is 29.6 Å². The zero-order valence-corrected chi connectivity index (χ0v) is 33.5. The minimum atomic E-state index is -1.08. The molecule has 1 N–H and O–H groups in total. The summed E-state index contributed by atoms with van der Waals surface area (Å²) in [5.41, 5.74) is 5.38. The maximum Gasteiger partial charge on any atom is 0.227 e. The Morgan fingerprint density at radius 1 is 0.930 bits per heavy atom. The Balaban J connectivity index is 1.01. The molecule has 298 valence electrons. The van der Waals surface area contributed by atoms with E-state index >= 15 is 8.78 Å². The Kier molecular flexibility index (Phi) is 11.6. The predicted molar refractivity (Wildman–Crippen MR) is 223 cm³/mol. The van der Waals surface area contributed by atoms with E-state index in [1.165, 1.54) is 24.7 Å². The number of nitrogens with zero attached hydrogens (tertiary/aromatic N) is 6. The number of carbonyl (C=O) groups excluding carboxylic acids is 3. The number of hydrogen-bond acceptors (Lipinski definition) is 8. The molecule has 4 heterocycles. The van der Waals surface area contributed by atoms with E-state index in [4.69, 9.17) is 21.6 Å². The van der Waals surface area contributed by atoms with Crippen LogP contribution in [0.3, 0.4) is 0 Å². The summed E-state index contributed by atoms with van der Waals surface area (Å²) in [4.78, 5) is 53.7. The molecule has 2 saturated heterocycles. The number of pyridine rings is 1. The van der Waals surface area contributed by atoms with E-state index in [-0.39, 0.29) is 23.8 Å². The van der Waals surface area contributed by atoms with E-state index in [1.54, 1.807) is 13.1 Å². The molecule has 7 rings (SSSR count). The van der Waals surface area contributed by atoms with Crippen molar-refractivity contribution < 1.29 is 23.2 Å². The minimum absolute atomic E-state index is 0.0244. The normalized spacial score (nSPS) is 18.1. The number of aliphatic imine (C=N–C) groups is 1. The maximum absolute atomic E-state index is 15.4. The van der Waals surface area contributed by atoms with Crippen LogP contribution in [0.1, 0.15) is 78.4 Å². The van der Waals surface area contributed by atoms with Gasteiger partial charge in [0.2, 0.25) is 5.91 Å². The fourth-order valence-electron chi connectivity index (χ4n) is 8.83. The summed E-state index contributed by atoms with van der Waals surface area (Å²) < 4.78 is 30.7. The largest absolute Gasteiger partial charge is 0.368 e. The van der Waals surface area contributed by atoms with Crippen LogP contribution in [0, 0.1) is 11.6 Å². The third-order valence-corrected chi connectivity index (χ3v) is 12.2. The summed E-state index contributed by atoms with van der Waals surface area (Å²) in [6.45, 7) is 8.41. The maximum atomic E-state index is 15.4. The minimum Gasteiger partial charge on any atom is -0.368 e. The van der Waals surface area contributed by atoms with Crippen LogP contribution in [0.25, 0.3) is 0 Å². The highest BCUT2D eigenvalue weighted by molar-refractivity contribution is 6.34. The Labute approximate surface area is 337 Å². The van der Waals surface area contributed by atoms with Crippen molar-refractivity contribution in [3.8, 4) is 0 Å². The number of carbonyl (C=O) groups is 3. The van der Waals surface area contributed by atoms with Gasteiger partial charge in [-0.25, -0.2) is 13.8 Å². The number of anilines is 5. The SMILES string of the molecule is CN=C1N(c2cccc(Cl)c2C=O)c2cc(C3CCN(c4cc(N5CCN(c6cc(F)c(C(CCC=O)C(=O)NC)c(F)c6)CC5)ccn4)CC3)ccc2C1(C)C. The quantitative estimate of drug-likeness (QED) is 0.154. The van der Waals surface area contributed by atoms with Crippen LogP contribution in [0.15, 0.2) is 71.9 Å². The van der Waals surface area contributed by atoms with Crippen molar-refractivity contribution in [2.24, 2.45) is 4.99 Å². The molecule has 3 aromatic carbocycles. The van der Waals surface area contributed by atoms with E-state index in [0.29, 0.717) is 54.7 Å². The topological polar surface area (TPSA) is 101 Å². The van der Waals surface area contributed by atoms with Crippen molar-refractivity contribution in [2.75, 3.05) is 73.0 Å². The van der Waals surface area contributed by atoms with Gasteiger partial charge in [-0.2, -0.15) is 0 Å². The summed E-state index contributed by atoms with van der Waals surface area (Å²) >= 11 is 6.49. The molecule has 4 aromatic rings. The first-order valence-corrected chi connectivity index (χ1v) is 19.9. The van der Waals surface area contributed by atoms with Gasteiger partial charge in [-0.15, -0.1) is 0 Å². The van der Waals surface area contributed by atoms with Crippen molar-refractivity contribution in [2.45, 2.75) is 56.8 Å². The molecule has 1 atom stereocenters. The van der Waals surface area contributed by atoms with Crippen molar-refractivity contribution in [1.29, 1.82) is 0 Å². The highest BCUT2D eigenvalue weighted by Crippen LogP contribution is 2.49. The molecule has 10 nitrogen and oxygen atoms in total. The fraction of sp³-hybridized carbons (Fsp3) is 0.386. The summed E-state index contributed by atoms with van der Waals surface area (Å²) in [6.07, 6.45) is 5.25. The number of amides is 1. The second kappa shape index (κ2) is 16.6. The number of amidine groups is 1. The summed E-state index contributed by atoms with van der Waals surface area (Å²) in [5.74, 6) is -1.07. The van der Waals surface area contributed by atoms with Crippen LogP contribution < -0.4 is 24.9 Å². The first-order valence-electron chi connectivity index (χ1n) is 19.5. The van der Waals surface area contributed by atoms with E-state index in [0.717, 1.165) is 66.5 Å². The van der Waals surface area contributed by atoms with Crippen LogP contribution in [0.4, 0.5) is 37.3 Å². The molecule has 0 radical (unpaired) electrons. The first kappa shape index (κ1) is 39.9. The molecule has 1 amide bonds. The second-order valence-electron chi connectivity index (χ2n) is 15.4. The standard InChI is InChI=1S/C44H48ClF2N7O3/c1-44(2)34-11-10-29(23-39(34)54(43(44)49-4)38-9-5-8-35(45)33(38)27-56)28-13-16-53(17-14-28)40-26-30(12-15-50-40)51-18-20-52(21-19-51)31-24-36(46)41(37(47)25-31)32(7-6-22-55)42(57)48-3/h5,8-12,15,22-28,32H,6-7,13-14,16-21H2,1-4H3,(H,48,57). The van der Waals surface area contributed by atoms with Gasteiger partial charge in [-0.1, -0.05) is 29.8 Å². The number of rotatable bonds is 11. The van der Waals surface area contributed by atoms with E-state index in [1.807, 2.05) is 29.3 Å². The molecule has 0 aliphatic carbocycles. The lowest BCUT2D eigenvalue weighted by Gasteiger charge is -2.38. The van der Waals surface area contributed by atoms with Crippen LogP contribution in [-0.4, -0.2) is 82.7 Å². The van der Waals surface area contributed by atoms with Gasteiger partial charge in [0.05, 0.1) is 27.9 Å². The summed E-state index contributed by atoms with van der Waals surface area (Å²) in [7, 11) is 3.20. The van der Waals surface area contributed by atoms with Gasteiger partial charge < -0.3 is 24.8 Å². The highest BCUT2D eigenvalue weighted by Gasteiger charge is 2.43. The number of hydrogen-bond donors (Lipinski definition) is 1. The number of fused-ring (bicyclic) bond motifs is 1. The smallest absolute Gasteiger partial charge is 0.227 e. The molecule has 1 unspecified atom stereocenters. The Bertz CT molecular complexity index is 2180. The lowest BCUT2D eigenvalue weighted by molar-refractivity contribution is -0.122. The molecule has 13 heteroatoms. The Morgan fingerprint density at radius 3 is 2.25 bits per heavy atom. The van der Waals surface area contributed by atoms with Crippen molar-refractivity contribution in [3.63, 3.8) is 0 Å². The molecule has 57 heavy (non-hydrogen) atoms. The van der Waals surface area contributed by atoms with Gasteiger partial charge >= 0.3 is 0 Å². The van der Waals surface area contributed by atoms with Crippen molar-refractivity contribution >= 4 is 64.5 Å². The van der Waals surface area contributed by atoms with Gasteiger partial charge in [-0.3, -0.25) is 19.5 Å². The van der Waals surface area contributed by atoms with Gasteiger partial charge in [0.25, 0.3) is 0 Å². The van der Waals surface area contributed by atoms with Gasteiger partial charge in [0, 0.05) is 94.4 Å². The van der Waals surface area contributed by atoms with E-state index in [9.17, 15) is 14.4 Å². The molecule has 0 saturated carbocycles. The van der Waals surface area contributed by atoms with Crippen LogP contribution in [-0.2, 0) is 15.0 Å². The number of aldehydes is 2. The summed E-state index contributed by atoms with van der Waals surface area (Å²) in [5, 5.41) is 2.86. The number of piperidine rings is 1. The molecule has 0 spiro atoms. The monoisotopic (exact) mass is 795 g/mol. The number of benzene rings is 3. The third-order valence-electron chi connectivity index (χ3n) is 11.9. The number of piperazine rings is 1. The second-order valence-corrected chi connectivity index (χ2v) is 15.8. The first-order chi connectivity index (χ1) is 27.5. The average Bonchev–Trinajstić information content (AvgIpc) is 3.46. The molecule has 0 bridgehead atoms. The summed E-state index contributed by atoms with van der Waals surface area (Å²) in [6, 6.07) is 18.9. The number of likely N-dealkylation sites (N-methyl/N-ethyl adjacent to an activating group) is 1. The van der Waals surface area contributed by atoms with E-state index < -0.39 is 23.5 Å². The zero-order valence-electron chi connectivity index (χ0n) is 32.8. The molecule has 1 aromatic heterocycles. The average molecular weight is 796 g/mol. The van der Waals surface area contributed by atoms with Gasteiger partial charge in [-0.05, 0) is 86.6 Å². The molecule has 3 aliphatic heterocycles. The molecule has 2 fully saturated rings. The van der Waals surface area contributed by atoms with Crippen LogP contribution >= 0.6 is 11.6 Å². The van der Waals surface area contributed by atoms with Crippen molar-refractivity contribution in [1.82, 2.24) is 10.3 Å². The number of nitrogens with one attached hydrogen (secondary N) is 1. The number of aromatic nitrogens is 1.